The second kappa shape index (κ2) is 12.4. The molecule has 0 radical (unpaired) electrons. The minimum absolute atomic E-state index is 0.110. The van der Waals surface area contributed by atoms with Gasteiger partial charge in [-0.1, -0.05) is 73.0 Å². The molecule has 1 saturated heterocycles. The van der Waals surface area contributed by atoms with E-state index in [-0.39, 0.29) is 11.5 Å². The Morgan fingerprint density at radius 3 is 2.29 bits per heavy atom. The Morgan fingerprint density at radius 2 is 1.62 bits per heavy atom. The number of ether oxygens (including phenoxy) is 2. The predicted octanol–water partition coefficient (Wildman–Crippen LogP) is 6.24. The maximum atomic E-state index is 10.5. The lowest BCUT2D eigenvalue weighted by Crippen LogP contribution is -2.60. The summed E-state index contributed by atoms with van der Waals surface area (Å²) in [5.41, 5.74) is 2.47. The van der Waals surface area contributed by atoms with Crippen LogP contribution in [0.4, 0.5) is 0 Å². The SMILES string of the molecule is CC[C@H](CC[C@@H](C)[C@H]1CC[C@@]2(C)[C@@H]3CC=C4C[C@@H](O[C@@H]5O[C@H](CO)[C@@H](O)[C@H](O)[C@H]5O)CC[C@]4(C)[C@H]3CC[C@]12C)C(C)C. The third-order valence-electron chi connectivity index (χ3n) is 14.3. The van der Waals surface area contributed by atoms with Crippen molar-refractivity contribution in [3.05, 3.63) is 11.6 Å². The molecule has 0 bridgehead atoms. The van der Waals surface area contributed by atoms with Crippen molar-refractivity contribution in [2.75, 3.05) is 6.61 Å². The van der Waals surface area contributed by atoms with Gasteiger partial charge in [0.05, 0.1) is 12.7 Å². The van der Waals surface area contributed by atoms with Crippen LogP contribution in [0, 0.1) is 51.8 Å². The Balaban J connectivity index is 1.27. The van der Waals surface area contributed by atoms with E-state index in [1.807, 2.05) is 0 Å². The molecule has 0 spiro atoms. The summed E-state index contributed by atoms with van der Waals surface area (Å²) >= 11 is 0. The minimum Gasteiger partial charge on any atom is -0.394 e. The molecule has 4 fully saturated rings. The van der Waals surface area contributed by atoms with E-state index < -0.39 is 37.3 Å². The quantitative estimate of drug-likeness (QED) is 0.237. The van der Waals surface area contributed by atoms with Crippen LogP contribution >= 0.6 is 0 Å². The standard InChI is InChI=1S/C36H62O6/c1-8-23(21(2)3)10-9-22(4)26-14-17-36(7)28-12-11-24-19-25(13-16-34(24,5)27(28)15-18-35(26,36)6)41-33-32(40)31(39)30(38)29(20-37)42-33/h11,21-23,25-33,37-40H,8-10,12-20H2,1-7H3/t22-,23-,25+,26-,27+,28-,29-,30-,31+,32-,33-,34+,35-,36+/m1/s1. The van der Waals surface area contributed by atoms with Gasteiger partial charge >= 0.3 is 0 Å². The highest BCUT2D eigenvalue weighted by molar-refractivity contribution is 5.27. The molecular weight excluding hydrogens is 528 g/mol. The van der Waals surface area contributed by atoms with E-state index in [1.54, 1.807) is 0 Å². The van der Waals surface area contributed by atoms with Crippen LogP contribution < -0.4 is 0 Å². The lowest BCUT2D eigenvalue weighted by atomic mass is 9.42. The van der Waals surface area contributed by atoms with Crippen molar-refractivity contribution in [1.29, 1.82) is 0 Å². The first-order valence-corrected chi connectivity index (χ1v) is 17.5. The van der Waals surface area contributed by atoms with E-state index in [0.29, 0.717) is 16.7 Å². The second-order valence-corrected chi connectivity index (χ2v) is 16.3. The molecule has 0 unspecified atom stereocenters. The second-order valence-electron chi connectivity index (χ2n) is 16.3. The van der Waals surface area contributed by atoms with E-state index >= 15 is 0 Å². The summed E-state index contributed by atoms with van der Waals surface area (Å²) in [7, 11) is 0. The first-order chi connectivity index (χ1) is 19.8. The average Bonchev–Trinajstić information content (AvgIpc) is 3.24. The highest BCUT2D eigenvalue weighted by Gasteiger charge is 2.65. The van der Waals surface area contributed by atoms with Crippen LogP contribution in [0.2, 0.25) is 0 Å². The maximum absolute atomic E-state index is 10.5. The van der Waals surface area contributed by atoms with Gasteiger partial charge < -0.3 is 29.9 Å². The third-order valence-corrected chi connectivity index (χ3v) is 14.3. The van der Waals surface area contributed by atoms with Crippen LogP contribution in [0.1, 0.15) is 119 Å². The Morgan fingerprint density at radius 1 is 0.905 bits per heavy atom. The molecule has 4 aliphatic carbocycles. The number of aliphatic hydroxyl groups excluding tert-OH is 4. The van der Waals surface area contributed by atoms with Gasteiger partial charge in [0, 0.05) is 0 Å². The van der Waals surface area contributed by atoms with Gasteiger partial charge in [0.2, 0.25) is 0 Å². The molecule has 1 aliphatic heterocycles. The molecule has 3 saturated carbocycles. The number of allylic oxidation sites excluding steroid dienone is 1. The Bertz CT molecular complexity index is 965. The van der Waals surface area contributed by atoms with Gasteiger partial charge in [-0.25, -0.2) is 0 Å². The molecule has 0 aromatic rings. The van der Waals surface area contributed by atoms with Crippen LogP contribution in [-0.4, -0.2) is 63.8 Å². The number of hydrogen-bond donors (Lipinski definition) is 4. The van der Waals surface area contributed by atoms with Crippen molar-refractivity contribution < 1.29 is 29.9 Å². The van der Waals surface area contributed by atoms with Crippen molar-refractivity contribution in [1.82, 2.24) is 0 Å². The number of rotatable bonds is 9. The fourth-order valence-corrected chi connectivity index (χ4v) is 11.1. The van der Waals surface area contributed by atoms with Gasteiger partial charge in [0.1, 0.15) is 24.4 Å². The molecule has 6 heteroatoms. The average molecular weight is 591 g/mol. The molecule has 6 nitrogen and oxygen atoms in total. The van der Waals surface area contributed by atoms with Gasteiger partial charge in [-0.15, -0.1) is 0 Å². The van der Waals surface area contributed by atoms with Crippen LogP contribution in [0.3, 0.4) is 0 Å². The van der Waals surface area contributed by atoms with Gasteiger partial charge in [-0.3, -0.25) is 0 Å². The highest BCUT2D eigenvalue weighted by Crippen LogP contribution is 2.72. The van der Waals surface area contributed by atoms with Crippen molar-refractivity contribution in [2.45, 2.75) is 156 Å². The smallest absolute Gasteiger partial charge is 0.186 e. The Kier molecular flexibility index (Phi) is 9.68. The van der Waals surface area contributed by atoms with E-state index in [4.69, 9.17) is 9.47 Å². The van der Waals surface area contributed by atoms with Crippen LogP contribution in [-0.2, 0) is 9.47 Å². The molecule has 1 heterocycles. The molecule has 4 N–H and O–H groups in total. The summed E-state index contributed by atoms with van der Waals surface area (Å²) in [5.74, 6) is 4.68. The molecule has 0 aromatic heterocycles. The fourth-order valence-electron chi connectivity index (χ4n) is 11.1. The van der Waals surface area contributed by atoms with Crippen molar-refractivity contribution in [3.8, 4) is 0 Å². The summed E-state index contributed by atoms with van der Waals surface area (Å²) in [4.78, 5) is 0. The number of aliphatic hydroxyl groups is 4. The van der Waals surface area contributed by atoms with Crippen LogP contribution in [0.5, 0.6) is 0 Å². The summed E-state index contributed by atoms with van der Waals surface area (Å²) in [6.45, 7) is 17.1. The lowest BCUT2D eigenvalue weighted by molar-refractivity contribution is -0.313. The molecule has 0 amide bonds. The Labute approximate surface area is 255 Å². The van der Waals surface area contributed by atoms with Crippen molar-refractivity contribution in [3.63, 3.8) is 0 Å². The molecule has 5 rings (SSSR count). The van der Waals surface area contributed by atoms with Gasteiger partial charge in [-0.2, -0.15) is 0 Å². The molecular formula is C36H62O6. The van der Waals surface area contributed by atoms with E-state index in [2.05, 4.69) is 54.5 Å². The molecule has 14 atom stereocenters. The van der Waals surface area contributed by atoms with Crippen LogP contribution in [0.25, 0.3) is 0 Å². The Hall–Kier alpha value is -0.500. The zero-order chi connectivity index (χ0) is 30.6. The van der Waals surface area contributed by atoms with E-state index in [9.17, 15) is 20.4 Å². The third kappa shape index (κ3) is 5.36. The normalized spacial score (nSPS) is 48.7. The summed E-state index contributed by atoms with van der Waals surface area (Å²) in [5, 5.41) is 40.5. The van der Waals surface area contributed by atoms with Gasteiger partial charge in [-0.05, 0) is 110 Å². The predicted molar refractivity (Wildman–Crippen MR) is 165 cm³/mol. The van der Waals surface area contributed by atoms with Crippen molar-refractivity contribution >= 4 is 0 Å². The summed E-state index contributed by atoms with van der Waals surface area (Å²) in [6, 6.07) is 0. The molecule has 242 valence electrons. The van der Waals surface area contributed by atoms with E-state index in [1.165, 1.54) is 50.5 Å². The van der Waals surface area contributed by atoms with Gasteiger partial charge in [0.25, 0.3) is 0 Å². The van der Waals surface area contributed by atoms with E-state index in [0.717, 1.165) is 55.3 Å². The monoisotopic (exact) mass is 590 g/mol. The maximum Gasteiger partial charge on any atom is 0.186 e. The molecule has 0 aromatic carbocycles. The molecule has 5 aliphatic rings. The van der Waals surface area contributed by atoms with Crippen molar-refractivity contribution in [2.24, 2.45) is 51.8 Å². The lowest BCUT2D eigenvalue weighted by Gasteiger charge is -2.63. The summed E-state index contributed by atoms with van der Waals surface area (Å²) in [6.07, 6.45) is 9.72. The fraction of sp³-hybridized carbons (Fsp3) is 0.944. The number of hydrogen-bond acceptors (Lipinski definition) is 6. The van der Waals surface area contributed by atoms with Gasteiger partial charge in [0.15, 0.2) is 6.29 Å². The first-order valence-electron chi connectivity index (χ1n) is 17.5. The first kappa shape index (κ1) is 32.9. The zero-order valence-electron chi connectivity index (χ0n) is 27.6. The number of fused-ring (bicyclic) bond motifs is 5. The minimum atomic E-state index is -1.40. The highest BCUT2D eigenvalue weighted by atomic mass is 16.7. The summed E-state index contributed by atoms with van der Waals surface area (Å²) < 4.78 is 11.9. The largest absolute Gasteiger partial charge is 0.394 e. The topological polar surface area (TPSA) is 99.4 Å². The van der Waals surface area contributed by atoms with Crippen LogP contribution in [0.15, 0.2) is 11.6 Å². The molecule has 42 heavy (non-hydrogen) atoms. The zero-order valence-corrected chi connectivity index (χ0v) is 27.6.